The molecule has 3 aromatic carbocycles. The Labute approximate surface area is 233 Å². The first-order valence-electron chi connectivity index (χ1n) is 11.9. The predicted octanol–water partition coefficient (Wildman–Crippen LogP) is 5.91. The van der Waals surface area contributed by atoms with E-state index in [0.29, 0.717) is 35.8 Å². The summed E-state index contributed by atoms with van der Waals surface area (Å²) < 4.78 is 22.2. The van der Waals surface area contributed by atoms with Crippen molar-refractivity contribution in [2.45, 2.75) is 20.3 Å². The number of amides is 1. The van der Waals surface area contributed by atoms with E-state index >= 15 is 0 Å². The van der Waals surface area contributed by atoms with E-state index in [2.05, 4.69) is 10.5 Å². The molecule has 13 nitrogen and oxygen atoms in total. The van der Waals surface area contributed by atoms with Gasteiger partial charge >= 0.3 is 5.69 Å². The second kappa shape index (κ2) is 13.8. The lowest BCUT2D eigenvalue weighted by Crippen LogP contribution is -2.17. The molecule has 0 atom stereocenters. The second-order valence-electron chi connectivity index (χ2n) is 7.94. The summed E-state index contributed by atoms with van der Waals surface area (Å²) in [4.78, 5) is 33.5. The number of ether oxygens (including phenoxy) is 4. The number of carbonyl (C=O) groups excluding carboxylic acids is 1. The summed E-state index contributed by atoms with van der Waals surface area (Å²) in [6.07, 6.45) is 2.13. The molecule has 0 spiro atoms. The highest BCUT2D eigenvalue weighted by Gasteiger charge is 2.23. The molecular weight excluding hydrogens is 548 g/mol. The van der Waals surface area contributed by atoms with Crippen molar-refractivity contribution in [3.05, 3.63) is 84.9 Å². The van der Waals surface area contributed by atoms with Gasteiger partial charge in [0.15, 0.2) is 23.0 Å². The fourth-order valence-electron chi connectivity index (χ4n) is 3.35. The van der Waals surface area contributed by atoms with Crippen LogP contribution >= 0.6 is 11.6 Å². The molecule has 0 aromatic heterocycles. The zero-order valence-corrected chi connectivity index (χ0v) is 22.5. The number of rotatable bonds is 13. The zero-order chi connectivity index (χ0) is 29.2. The second-order valence-corrected chi connectivity index (χ2v) is 8.35. The van der Waals surface area contributed by atoms with Crippen LogP contribution in [-0.2, 0) is 0 Å². The molecule has 0 aliphatic rings. The molecule has 0 heterocycles. The van der Waals surface area contributed by atoms with Gasteiger partial charge < -0.3 is 18.9 Å². The monoisotopic (exact) mass is 572 g/mol. The van der Waals surface area contributed by atoms with Gasteiger partial charge in [0.25, 0.3) is 11.6 Å². The lowest BCUT2D eigenvalue weighted by Gasteiger charge is -2.13. The average Bonchev–Trinajstić information content (AvgIpc) is 2.93. The van der Waals surface area contributed by atoms with Crippen LogP contribution in [0.5, 0.6) is 28.7 Å². The van der Waals surface area contributed by atoms with E-state index in [1.807, 2.05) is 13.8 Å². The molecular formula is C26H25ClN4O9. The van der Waals surface area contributed by atoms with Crippen LogP contribution < -0.4 is 24.4 Å². The SMILES string of the molecule is CCCOc1ccc(C(=O)N/N=C/c2cc(Cl)c(Oc3ccc([N+](=O)[O-])cc3[N+](=O)[O-])c(OC)c2)cc1OCC. The van der Waals surface area contributed by atoms with Crippen LogP contribution in [0, 0.1) is 20.2 Å². The number of hydrogen-bond acceptors (Lipinski definition) is 10. The quantitative estimate of drug-likeness (QED) is 0.149. The third kappa shape index (κ3) is 7.35. The highest BCUT2D eigenvalue weighted by Crippen LogP contribution is 2.42. The van der Waals surface area contributed by atoms with E-state index in [1.165, 1.54) is 25.5 Å². The van der Waals surface area contributed by atoms with Crippen LogP contribution in [-0.4, -0.2) is 42.3 Å². The van der Waals surface area contributed by atoms with Crippen LogP contribution in [0.3, 0.4) is 0 Å². The number of methoxy groups -OCH3 is 1. The molecule has 40 heavy (non-hydrogen) atoms. The van der Waals surface area contributed by atoms with Gasteiger partial charge in [-0.25, -0.2) is 5.43 Å². The normalized spacial score (nSPS) is 10.7. The molecule has 14 heteroatoms. The Bertz CT molecular complexity index is 1450. The summed E-state index contributed by atoms with van der Waals surface area (Å²) in [5.41, 5.74) is 2.02. The number of benzene rings is 3. The van der Waals surface area contributed by atoms with Crippen molar-refractivity contribution < 1.29 is 33.6 Å². The molecule has 1 N–H and O–H groups in total. The molecule has 0 aliphatic heterocycles. The molecule has 0 fully saturated rings. The minimum absolute atomic E-state index is 0.00352. The van der Waals surface area contributed by atoms with Crippen molar-refractivity contribution >= 4 is 35.1 Å². The van der Waals surface area contributed by atoms with Crippen molar-refractivity contribution in [3.8, 4) is 28.7 Å². The summed E-state index contributed by atoms with van der Waals surface area (Å²) in [7, 11) is 1.33. The largest absolute Gasteiger partial charge is 0.493 e. The Morgan fingerprint density at radius 2 is 1.73 bits per heavy atom. The summed E-state index contributed by atoms with van der Waals surface area (Å²) in [5, 5.41) is 26.4. The molecule has 0 unspecified atom stereocenters. The fraction of sp³-hybridized carbons (Fsp3) is 0.231. The lowest BCUT2D eigenvalue weighted by molar-refractivity contribution is -0.394. The maximum absolute atomic E-state index is 12.6. The maximum atomic E-state index is 12.6. The number of hydrogen-bond donors (Lipinski definition) is 1. The molecule has 3 aromatic rings. The summed E-state index contributed by atoms with van der Waals surface area (Å²) in [6.45, 7) is 4.71. The average molecular weight is 573 g/mol. The van der Waals surface area contributed by atoms with Crippen molar-refractivity contribution in [1.29, 1.82) is 0 Å². The third-order valence-corrected chi connectivity index (χ3v) is 5.44. The summed E-state index contributed by atoms with van der Waals surface area (Å²) in [6, 6.07) is 10.6. The Kier molecular flexibility index (Phi) is 10.2. The molecule has 0 aliphatic carbocycles. The Morgan fingerprint density at radius 3 is 2.38 bits per heavy atom. The van der Waals surface area contributed by atoms with Gasteiger partial charge in [0.1, 0.15) is 0 Å². The van der Waals surface area contributed by atoms with Crippen LogP contribution in [0.4, 0.5) is 11.4 Å². The van der Waals surface area contributed by atoms with E-state index in [1.54, 1.807) is 18.2 Å². The molecule has 1 amide bonds. The van der Waals surface area contributed by atoms with Gasteiger partial charge in [-0.3, -0.25) is 25.0 Å². The minimum Gasteiger partial charge on any atom is -0.493 e. The van der Waals surface area contributed by atoms with E-state index in [4.69, 9.17) is 30.5 Å². The van der Waals surface area contributed by atoms with Gasteiger partial charge in [-0.05, 0) is 55.3 Å². The number of nitro benzene ring substituents is 2. The topological polar surface area (TPSA) is 165 Å². The van der Waals surface area contributed by atoms with Crippen molar-refractivity contribution in [2.24, 2.45) is 5.10 Å². The van der Waals surface area contributed by atoms with Gasteiger partial charge in [0.2, 0.25) is 5.75 Å². The fourth-order valence-corrected chi connectivity index (χ4v) is 3.61. The van der Waals surface area contributed by atoms with E-state index in [9.17, 15) is 25.0 Å². The number of non-ortho nitro benzene ring substituents is 1. The van der Waals surface area contributed by atoms with E-state index in [0.717, 1.165) is 24.6 Å². The lowest BCUT2D eigenvalue weighted by atomic mass is 10.2. The molecule has 0 saturated heterocycles. The number of halogens is 1. The van der Waals surface area contributed by atoms with Crippen molar-refractivity contribution in [1.82, 2.24) is 5.43 Å². The Hall–Kier alpha value is -4.91. The molecule has 0 radical (unpaired) electrons. The standard InChI is InChI=1S/C26H25ClN4O9/c1-4-10-39-22-8-6-17(13-23(22)38-5-2)26(32)29-28-15-16-11-19(27)25(24(12-16)37-3)40-21-9-7-18(30(33)34)14-20(21)31(35)36/h6-9,11-15H,4-5,10H2,1-3H3,(H,29,32)/b28-15+. The van der Waals surface area contributed by atoms with E-state index < -0.39 is 27.1 Å². The number of nitro groups is 2. The first-order chi connectivity index (χ1) is 19.2. The van der Waals surface area contributed by atoms with Gasteiger partial charge in [-0.2, -0.15) is 5.10 Å². The molecule has 210 valence electrons. The highest BCUT2D eigenvalue weighted by atomic mass is 35.5. The van der Waals surface area contributed by atoms with Crippen LogP contribution in [0.25, 0.3) is 0 Å². The third-order valence-electron chi connectivity index (χ3n) is 5.16. The zero-order valence-electron chi connectivity index (χ0n) is 21.7. The van der Waals surface area contributed by atoms with Crippen molar-refractivity contribution in [3.63, 3.8) is 0 Å². The number of hydrazone groups is 1. The Balaban J connectivity index is 1.79. The Morgan fingerprint density at radius 1 is 0.975 bits per heavy atom. The first kappa shape index (κ1) is 29.6. The highest BCUT2D eigenvalue weighted by molar-refractivity contribution is 6.32. The predicted molar refractivity (Wildman–Crippen MR) is 146 cm³/mol. The van der Waals surface area contributed by atoms with Crippen LogP contribution in [0.2, 0.25) is 5.02 Å². The smallest absolute Gasteiger partial charge is 0.318 e. The van der Waals surface area contributed by atoms with Gasteiger partial charge in [0, 0.05) is 11.6 Å². The van der Waals surface area contributed by atoms with Gasteiger partial charge in [-0.1, -0.05) is 18.5 Å². The number of nitrogens with one attached hydrogen (secondary N) is 1. The summed E-state index contributed by atoms with van der Waals surface area (Å²) in [5.74, 6) is 0.234. The van der Waals surface area contributed by atoms with Gasteiger partial charge in [0.05, 0.1) is 47.5 Å². The maximum Gasteiger partial charge on any atom is 0.318 e. The minimum atomic E-state index is -0.810. The number of carbonyl (C=O) groups is 1. The molecule has 3 rings (SSSR count). The molecule has 0 saturated carbocycles. The van der Waals surface area contributed by atoms with Gasteiger partial charge in [-0.15, -0.1) is 0 Å². The van der Waals surface area contributed by atoms with E-state index in [-0.39, 0.29) is 22.3 Å². The molecule has 0 bridgehead atoms. The number of nitrogens with zero attached hydrogens (tertiary/aromatic N) is 3. The van der Waals surface area contributed by atoms with Crippen molar-refractivity contribution in [2.75, 3.05) is 20.3 Å². The van der Waals surface area contributed by atoms with Crippen LogP contribution in [0.15, 0.2) is 53.6 Å². The van der Waals surface area contributed by atoms with Crippen LogP contribution in [0.1, 0.15) is 36.2 Å². The summed E-state index contributed by atoms with van der Waals surface area (Å²) >= 11 is 6.35. The first-order valence-corrected chi connectivity index (χ1v) is 12.3.